The van der Waals surface area contributed by atoms with Gasteiger partial charge in [0.1, 0.15) is 12.1 Å². The van der Waals surface area contributed by atoms with Crippen LogP contribution in [-0.2, 0) is 0 Å². The highest BCUT2D eigenvalue weighted by Gasteiger charge is 2.18. The van der Waals surface area contributed by atoms with E-state index in [1.165, 1.54) is 35.3 Å². The largest absolute Gasteiger partial charge is 0.306 e. The van der Waals surface area contributed by atoms with Crippen LogP contribution in [0, 0.1) is 17.0 Å². The summed E-state index contributed by atoms with van der Waals surface area (Å²) < 4.78 is 3.15. The summed E-state index contributed by atoms with van der Waals surface area (Å²) in [7, 11) is 0. The number of carbonyl (C=O) groups excluding carboxylic acids is 1. The molecule has 0 radical (unpaired) electrons. The summed E-state index contributed by atoms with van der Waals surface area (Å²) in [4.78, 5) is 31.9. The summed E-state index contributed by atoms with van der Waals surface area (Å²) in [6.45, 7) is 1.79. The Morgan fingerprint density at radius 2 is 1.79 bits per heavy atom. The minimum absolute atomic E-state index is 0.0986. The maximum absolute atomic E-state index is 12.8. The van der Waals surface area contributed by atoms with Crippen molar-refractivity contribution in [3.63, 3.8) is 0 Å². The number of nitro benzene ring substituents is 1. The molecular formula is C22H15ClN8O3. The second-order valence-corrected chi connectivity index (χ2v) is 7.74. The van der Waals surface area contributed by atoms with Crippen LogP contribution in [0.15, 0.2) is 67.1 Å². The molecule has 0 aliphatic carbocycles. The zero-order chi connectivity index (χ0) is 23.8. The molecule has 0 aliphatic rings. The van der Waals surface area contributed by atoms with E-state index in [0.29, 0.717) is 33.4 Å². The summed E-state index contributed by atoms with van der Waals surface area (Å²) in [6.07, 6.45) is 3.02. The quantitative estimate of drug-likeness (QED) is 0.299. The van der Waals surface area contributed by atoms with Gasteiger partial charge in [0.25, 0.3) is 11.6 Å². The summed E-state index contributed by atoms with van der Waals surface area (Å²) in [5.74, 6) is 0.357. The van der Waals surface area contributed by atoms with E-state index in [1.54, 1.807) is 36.0 Å². The average molecular weight is 475 g/mol. The van der Waals surface area contributed by atoms with E-state index in [4.69, 9.17) is 11.6 Å². The molecule has 5 rings (SSSR count). The molecule has 3 heterocycles. The van der Waals surface area contributed by atoms with Gasteiger partial charge in [0.05, 0.1) is 27.9 Å². The van der Waals surface area contributed by atoms with Crippen molar-refractivity contribution in [1.82, 2.24) is 29.5 Å². The molecule has 11 nitrogen and oxygen atoms in total. The lowest BCUT2D eigenvalue weighted by Crippen LogP contribution is -2.15. The summed E-state index contributed by atoms with van der Waals surface area (Å²) >= 11 is 5.99. The van der Waals surface area contributed by atoms with Gasteiger partial charge in [0.2, 0.25) is 0 Å². The van der Waals surface area contributed by atoms with Gasteiger partial charge in [-0.1, -0.05) is 11.6 Å². The Kier molecular flexibility index (Phi) is 5.22. The fourth-order valence-electron chi connectivity index (χ4n) is 3.44. The number of nitrogens with zero attached hydrogens (tertiary/aromatic N) is 7. The molecule has 5 aromatic rings. The topological polar surface area (TPSA) is 134 Å². The second kappa shape index (κ2) is 8.37. The van der Waals surface area contributed by atoms with Gasteiger partial charge in [0.15, 0.2) is 11.5 Å². The van der Waals surface area contributed by atoms with Gasteiger partial charge in [0, 0.05) is 28.8 Å². The van der Waals surface area contributed by atoms with Gasteiger partial charge < -0.3 is 5.32 Å². The number of anilines is 1. The van der Waals surface area contributed by atoms with Crippen molar-refractivity contribution in [3.05, 3.63) is 93.5 Å². The molecule has 0 atom stereocenters. The number of aromatic nitrogens is 6. The smallest absolute Gasteiger partial charge is 0.269 e. The van der Waals surface area contributed by atoms with Crippen molar-refractivity contribution in [2.45, 2.75) is 6.92 Å². The molecular weight excluding hydrogens is 460 g/mol. The van der Waals surface area contributed by atoms with Crippen LogP contribution in [-0.4, -0.2) is 40.4 Å². The average Bonchev–Trinajstić information content (AvgIpc) is 3.43. The molecule has 168 valence electrons. The van der Waals surface area contributed by atoms with Crippen molar-refractivity contribution in [1.29, 1.82) is 0 Å². The molecule has 0 fully saturated rings. The second-order valence-electron chi connectivity index (χ2n) is 7.31. The number of fused-ring (bicyclic) bond motifs is 1. The van der Waals surface area contributed by atoms with E-state index in [1.807, 2.05) is 12.1 Å². The van der Waals surface area contributed by atoms with Gasteiger partial charge in [-0.2, -0.15) is 14.9 Å². The number of halogens is 1. The number of carbonyl (C=O) groups is 1. The van der Waals surface area contributed by atoms with E-state index in [2.05, 4.69) is 25.5 Å². The number of amides is 1. The van der Waals surface area contributed by atoms with Crippen LogP contribution in [0.5, 0.6) is 0 Å². The molecule has 0 saturated carbocycles. The molecule has 0 bridgehead atoms. The lowest BCUT2D eigenvalue weighted by atomic mass is 10.2. The highest BCUT2D eigenvalue weighted by atomic mass is 35.5. The van der Waals surface area contributed by atoms with Crippen LogP contribution in [0.2, 0.25) is 5.02 Å². The molecule has 0 saturated heterocycles. The molecule has 34 heavy (non-hydrogen) atoms. The van der Waals surface area contributed by atoms with E-state index in [0.717, 1.165) is 5.69 Å². The predicted octanol–water partition coefficient (Wildman–Crippen LogP) is 4.12. The number of nitro groups is 1. The molecule has 2 aromatic carbocycles. The molecule has 0 aliphatic heterocycles. The molecule has 0 spiro atoms. The summed E-state index contributed by atoms with van der Waals surface area (Å²) in [5.41, 5.74) is 2.13. The lowest BCUT2D eigenvalue weighted by Gasteiger charge is -2.09. The van der Waals surface area contributed by atoms with Crippen LogP contribution in [0.3, 0.4) is 0 Å². The molecule has 3 aromatic heterocycles. The number of non-ortho nitro benzene ring substituents is 1. The van der Waals surface area contributed by atoms with Crippen molar-refractivity contribution in [2.75, 3.05) is 5.32 Å². The third-order valence-electron chi connectivity index (χ3n) is 5.03. The highest BCUT2D eigenvalue weighted by Crippen LogP contribution is 2.25. The lowest BCUT2D eigenvalue weighted by molar-refractivity contribution is -0.384. The molecule has 12 heteroatoms. The minimum Gasteiger partial charge on any atom is -0.306 e. The van der Waals surface area contributed by atoms with Crippen molar-refractivity contribution in [2.24, 2.45) is 0 Å². The van der Waals surface area contributed by atoms with Gasteiger partial charge in [-0.05, 0) is 43.3 Å². The fourth-order valence-corrected chi connectivity index (χ4v) is 3.57. The number of aryl methyl sites for hydroxylation is 1. The molecule has 1 N–H and O–H groups in total. The standard InChI is InChI=1S/C22H15ClN8O3/c1-13-10-19(27-22(32)14-2-6-17(7-3-14)31(33)34)30(28-13)21-18-11-26-29(20(18)24-12-25-21)16-8-4-15(23)5-9-16/h2-12H,1H3,(H,27,32). The van der Waals surface area contributed by atoms with Gasteiger partial charge in [-0.15, -0.1) is 0 Å². The summed E-state index contributed by atoms with van der Waals surface area (Å²) in [6, 6.07) is 14.2. The number of benzene rings is 2. The first-order valence-corrected chi connectivity index (χ1v) is 10.4. The zero-order valence-corrected chi connectivity index (χ0v) is 18.3. The Morgan fingerprint density at radius 1 is 1.06 bits per heavy atom. The minimum atomic E-state index is -0.523. The SMILES string of the molecule is Cc1cc(NC(=O)c2ccc([N+](=O)[O-])cc2)n(-c2ncnc3c2cnn3-c2ccc(Cl)cc2)n1. The number of hydrogen-bond donors (Lipinski definition) is 1. The highest BCUT2D eigenvalue weighted by molar-refractivity contribution is 6.30. The predicted molar refractivity (Wildman–Crippen MR) is 125 cm³/mol. The molecule has 1 amide bonds. The van der Waals surface area contributed by atoms with E-state index < -0.39 is 10.8 Å². The first-order valence-electron chi connectivity index (χ1n) is 9.98. The van der Waals surface area contributed by atoms with Crippen LogP contribution in [0.4, 0.5) is 11.5 Å². The van der Waals surface area contributed by atoms with Crippen molar-refractivity contribution < 1.29 is 9.72 Å². The maximum atomic E-state index is 12.8. The Labute approximate surface area is 196 Å². The van der Waals surface area contributed by atoms with Gasteiger partial charge >= 0.3 is 0 Å². The third-order valence-corrected chi connectivity index (χ3v) is 5.28. The van der Waals surface area contributed by atoms with E-state index >= 15 is 0 Å². The Morgan fingerprint density at radius 3 is 2.50 bits per heavy atom. The maximum Gasteiger partial charge on any atom is 0.269 e. The van der Waals surface area contributed by atoms with Crippen LogP contribution in [0.25, 0.3) is 22.5 Å². The van der Waals surface area contributed by atoms with Crippen LogP contribution < -0.4 is 5.32 Å². The van der Waals surface area contributed by atoms with Crippen molar-refractivity contribution in [3.8, 4) is 11.5 Å². The van der Waals surface area contributed by atoms with Crippen LogP contribution in [0.1, 0.15) is 16.1 Å². The number of hydrogen-bond acceptors (Lipinski definition) is 7. The van der Waals surface area contributed by atoms with Gasteiger partial charge in [-0.3, -0.25) is 14.9 Å². The van der Waals surface area contributed by atoms with Gasteiger partial charge in [-0.25, -0.2) is 14.6 Å². The summed E-state index contributed by atoms with van der Waals surface area (Å²) in [5, 5.41) is 23.8. The zero-order valence-electron chi connectivity index (χ0n) is 17.6. The number of nitrogens with one attached hydrogen (secondary N) is 1. The molecule has 0 unspecified atom stereocenters. The first-order chi connectivity index (χ1) is 16.4. The van der Waals surface area contributed by atoms with Crippen LogP contribution >= 0.6 is 11.6 Å². The van der Waals surface area contributed by atoms with E-state index in [9.17, 15) is 14.9 Å². The normalized spacial score (nSPS) is 11.0. The van der Waals surface area contributed by atoms with Crippen molar-refractivity contribution >= 4 is 40.0 Å². The fraction of sp³-hybridized carbons (Fsp3) is 0.0455. The monoisotopic (exact) mass is 474 g/mol. The third kappa shape index (κ3) is 3.84. The number of rotatable bonds is 5. The Bertz CT molecular complexity index is 1540. The van der Waals surface area contributed by atoms with E-state index in [-0.39, 0.29) is 11.3 Å². The Balaban J connectivity index is 1.52. The Hall–Kier alpha value is -4.64. The first kappa shape index (κ1) is 21.2.